The predicted molar refractivity (Wildman–Crippen MR) is 162 cm³/mol. The summed E-state index contributed by atoms with van der Waals surface area (Å²) in [4.78, 5) is 16.4. The van der Waals surface area contributed by atoms with Crippen LogP contribution in [0.25, 0.3) is 0 Å². The van der Waals surface area contributed by atoms with E-state index in [-0.39, 0.29) is 5.97 Å². The van der Waals surface area contributed by atoms with Gasteiger partial charge in [-0.05, 0) is 25.0 Å². The molecule has 0 amide bonds. The number of ether oxygens (including phenoxy) is 1. The molecule has 0 aliphatic carbocycles. The number of nitrogens with zero attached hydrogens (tertiary/aromatic N) is 1. The van der Waals surface area contributed by atoms with Crippen LogP contribution in [0.1, 0.15) is 162 Å². The molecule has 0 atom stereocenters. The second kappa shape index (κ2) is 30.5. The first-order valence-electron chi connectivity index (χ1n) is 15.7. The van der Waals surface area contributed by atoms with Gasteiger partial charge in [-0.15, -0.1) is 0 Å². The number of hydrogen-bond donors (Lipinski definition) is 1. The Hall–Kier alpha value is -0.710. The summed E-state index contributed by atoms with van der Waals surface area (Å²) >= 11 is 1.82. The Bertz CT molecular complexity index is 485. The highest BCUT2D eigenvalue weighted by Crippen LogP contribution is 2.13. The number of rotatable bonds is 29. The van der Waals surface area contributed by atoms with Gasteiger partial charge in [0.1, 0.15) is 0 Å². The second-order valence-corrected chi connectivity index (χ2v) is 11.6. The molecule has 0 aliphatic heterocycles. The average molecular weight is 527 g/mol. The van der Waals surface area contributed by atoms with Gasteiger partial charge in [-0.1, -0.05) is 129 Å². The van der Waals surface area contributed by atoms with Crippen molar-refractivity contribution < 1.29 is 9.53 Å². The maximum absolute atomic E-state index is 11.9. The van der Waals surface area contributed by atoms with Crippen molar-refractivity contribution >= 4 is 23.6 Å². The number of amidine groups is 1. The number of carbonyl (C=O) groups is 1. The van der Waals surface area contributed by atoms with Crippen LogP contribution in [0.15, 0.2) is 4.99 Å². The van der Waals surface area contributed by atoms with E-state index in [0.29, 0.717) is 13.0 Å². The molecule has 0 fully saturated rings. The van der Waals surface area contributed by atoms with Gasteiger partial charge in [0.05, 0.1) is 18.9 Å². The summed E-state index contributed by atoms with van der Waals surface area (Å²) in [7, 11) is 0. The average Bonchev–Trinajstić information content (AvgIpc) is 2.87. The number of esters is 1. The second-order valence-electron chi connectivity index (χ2n) is 10.4. The van der Waals surface area contributed by atoms with Crippen molar-refractivity contribution in [3.8, 4) is 0 Å². The monoisotopic (exact) mass is 526 g/mol. The molecule has 36 heavy (non-hydrogen) atoms. The van der Waals surface area contributed by atoms with E-state index in [1.807, 2.05) is 11.8 Å². The standard InChI is InChI=1S/C31H62N2O2S/c1-3-5-7-9-11-13-14-15-16-18-20-22-27-35-31(34)25-29-36-28-23-24-30(32)33-26-21-19-17-12-10-8-6-4-2/h3-29H2,1-2H3,(H2,32,33). The smallest absolute Gasteiger partial charge is 0.306 e. The summed E-state index contributed by atoms with van der Waals surface area (Å²) in [6, 6.07) is 0. The van der Waals surface area contributed by atoms with E-state index in [2.05, 4.69) is 18.8 Å². The molecule has 0 bridgehead atoms. The largest absolute Gasteiger partial charge is 0.466 e. The van der Waals surface area contributed by atoms with Crippen LogP contribution in [0.3, 0.4) is 0 Å². The van der Waals surface area contributed by atoms with Crippen LogP contribution in [0, 0.1) is 0 Å². The first-order valence-corrected chi connectivity index (χ1v) is 16.9. The Morgan fingerprint density at radius 1 is 0.611 bits per heavy atom. The summed E-state index contributed by atoms with van der Waals surface area (Å²) in [6.07, 6.45) is 28.9. The Morgan fingerprint density at radius 3 is 1.61 bits per heavy atom. The minimum absolute atomic E-state index is 0.0444. The zero-order chi connectivity index (χ0) is 26.4. The first kappa shape index (κ1) is 35.3. The van der Waals surface area contributed by atoms with Crippen molar-refractivity contribution in [1.82, 2.24) is 0 Å². The van der Waals surface area contributed by atoms with E-state index in [9.17, 15) is 4.79 Å². The molecule has 0 heterocycles. The fourth-order valence-corrected chi connectivity index (χ4v) is 5.23. The molecular formula is C31H62N2O2S. The predicted octanol–water partition coefficient (Wildman–Crippen LogP) is 9.63. The molecule has 214 valence electrons. The fourth-order valence-electron chi connectivity index (χ4n) is 4.36. The molecule has 0 spiro atoms. The Morgan fingerprint density at radius 2 is 1.08 bits per heavy atom. The van der Waals surface area contributed by atoms with Crippen LogP contribution in [-0.4, -0.2) is 36.5 Å². The maximum atomic E-state index is 11.9. The van der Waals surface area contributed by atoms with E-state index < -0.39 is 0 Å². The van der Waals surface area contributed by atoms with Gasteiger partial charge in [-0.2, -0.15) is 11.8 Å². The quantitative estimate of drug-likeness (QED) is 0.0456. The maximum Gasteiger partial charge on any atom is 0.306 e. The van der Waals surface area contributed by atoms with Crippen molar-refractivity contribution in [3.63, 3.8) is 0 Å². The molecule has 0 unspecified atom stereocenters. The molecule has 0 aromatic heterocycles. The SMILES string of the molecule is CCCCCCCCCCCCCCOC(=O)CCSCCCC(N)=NCCCCCCCCCC. The van der Waals surface area contributed by atoms with E-state index in [4.69, 9.17) is 10.5 Å². The third-order valence-electron chi connectivity index (χ3n) is 6.76. The molecular weight excluding hydrogens is 464 g/mol. The highest BCUT2D eigenvalue weighted by atomic mass is 32.2. The highest BCUT2D eigenvalue weighted by molar-refractivity contribution is 7.99. The van der Waals surface area contributed by atoms with Gasteiger partial charge in [0.25, 0.3) is 0 Å². The van der Waals surface area contributed by atoms with Crippen LogP contribution < -0.4 is 5.73 Å². The lowest BCUT2D eigenvalue weighted by atomic mass is 10.1. The number of thioether (sulfide) groups is 1. The van der Waals surface area contributed by atoms with Gasteiger partial charge in [0, 0.05) is 18.7 Å². The van der Waals surface area contributed by atoms with Crippen molar-refractivity contribution in [2.45, 2.75) is 162 Å². The van der Waals surface area contributed by atoms with Crippen LogP contribution >= 0.6 is 11.8 Å². The Balaban J connectivity index is 3.32. The Kier molecular flexibility index (Phi) is 29.9. The van der Waals surface area contributed by atoms with Crippen molar-refractivity contribution in [3.05, 3.63) is 0 Å². The van der Waals surface area contributed by atoms with E-state index >= 15 is 0 Å². The van der Waals surface area contributed by atoms with Crippen LogP contribution in [0.5, 0.6) is 0 Å². The molecule has 5 heteroatoms. The zero-order valence-corrected chi connectivity index (χ0v) is 25.2. The van der Waals surface area contributed by atoms with Crippen LogP contribution in [-0.2, 0) is 9.53 Å². The van der Waals surface area contributed by atoms with Crippen molar-refractivity contribution in [1.29, 1.82) is 0 Å². The van der Waals surface area contributed by atoms with E-state index in [1.54, 1.807) is 0 Å². The number of unbranched alkanes of at least 4 members (excludes halogenated alkanes) is 18. The third-order valence-corrected chi connectivity index (χ3v) is 7.83. The fraction of sp³-hybridized carbons (Fsp3) is 0.935. The zero-order valence-electron chi connectivity index (χ0n) is 24.3. The summed E-state index contributed by atoms with van der Waals surface area (Å²) < 4.78 is 5.38. The summed E-state index contributed by atoms with van der Waals surface area (Å²) in [5.41, 5.74) is 6.04. The number of hydrogen-bond acceptors (Lipinski definition) is 4. The topological polar surface area (TPSA) is 64.7 Å². The normalized spacial score (nSPS) is 11.8. The highest BCUT2D eigenvalue weighted by Gasteiger charge is 2.03. The summed E-state index contributed by atoms with van der Waals surface area (Å²) in [5.74, 6) is 2.62. The first-order chi connectivity index (χ1) is 17.7. The lowest BCUT2D eigenvalue weighted by Gasteiger charge is -2.06. The molecule has 0 aliphatic rings. The van der Waals surface area contributed by atoms with E-state index in [1.165, 1.54) is 116 Å². The lowest BCUT2D eigenvalue weighted by molar-refractivity contribution is -0.143. The van der Waals surface area contributed by atoms with Gasteiger partial charge < -0.3 is 10.5 Å². The molecule has 2 N–H and O–H groups in total. The van der Waals surface area contributed by atoms with Crippen molar-refractivity contribution in [2.75, 3.05) is 24.7 Å². The molecule has 0 rings (SSSR count). The molecule has 4 nitrogen and oxygen atoms in total. The third kappa shape index (κ3) is 29.5. The van der Waals surface area contributed by atoms with Gasteiger partial charge >= 0.3 is 5.97 Å². The van der Waals surface area contributed by atoms with Gasteiger partial charge in [-0.25, -0.2) is 0 Å². The van der Waals surface area contributed by atoms with Crippen LogP contribution in [0.4, 0.5) is 0 Å². The minimum atomic E-state index is -0.0444. The Labute approximate surface area is 229 Å². The van der Waals surface area contributed by atoms with E-state index in [0.717, 1.165) is 49.6 Å². The van der Waals surface area contributed by atoms with Crippen LogP contribution in [0.2, 0.25) is 0 Å². The lowest BCUT2D eigenvalue weighted by Crippen LogP contribution is -2.12. The molecule has 0 saturated carbocycles. The van der Waals surface area contributed by atoms with Gasteiger partial charge in [-0.3, -0.25) is 9.79 Å². The van der Waals surface area contributed by atoms with Gasteiger partial charge in [0.2, 0.25) is 0 Å². The minimum Gasteiger partial charge on any atom is -0.466 e. The number of nitrogens with two attached hydrogens (primary N) is 1. The molecule has 0 aromatic rings. The molecule has 0 radical (unpaired) electrons. The summed E-state index contributed by atoms with van der Waals surface area (Å²) in [5, 5.41) is 0. The summed E-state index contributed by atoms with van der Waals surface area (Å²) in [6.45, 7) is 6.00. The van der Waals surface area contributed by atoms with Gasteiger partial charge in [0.15, 0.2) is 0 Å². The molecule has 0 saturated heterocycles. The van der Waals surface area contributed by atoms with Crippen molar-refractivity contribution in [2.24, 2.45) is 10.7 Å². The molecule has 0 aromatic carbocycles. The number of carbonyl (C=O) groups excluding carboxylic acids is 1. The number of aliphatic imine (C=N–C) groups is 1.